The molecule has 0 saturated carbocycles. The number of halogens is 3. The highest BCUT2D eigenvalue weighted by molar-refractivity contribution is 5.45. The van der Waals surface area contributed by atoms with E-state index < -0.39 is 30.1 Å². The van der Waals surface area contributed by atoms with Crippen molar-refractivity contribution in [3.63, 3.8) is 0 Å². The third kappa shape index (κ3) is 3.02. The molecule has 0 fully saturated rings. The molecule has 1 atom stereocenters. The fraction of sp³-hybridized carbons (Fsp3) is 0.333. The van der Waals surface area contributed by atoms with Crippen LogP contribution in [0.25, 0.3) is 0 Å². The molecule has 84 valence electrons. The Labute approximate surface area is 84.0 Å². The first kappa shape index (κ1) is 11.6. The summed E-state index contributed by atoms with van der Waals surface area (Å²) < 4.78 is 36.0. The van der Waals surface area contributed by atoms with Gasteiger partial charge in [0, 0.05) is 11.6 Å². The van der Waals surface area contributed by atoms with Gasteiger partial charge < -0.3 is 15.9 Å². The van der Waals surface area contributed by atoms with Crippen LogP contribution >= 0.6 is 0 Å². The van der Waals surface area contributed by atoms with Crippen molar-refractivity contribution in [2.24, 2.45) is 5.73 Å². The minimum atomic E-state index is -4.41. The van der Waals surface area contributed by atoms with Gasteiger partial charge in [-0.3, -0.25) is 0 Å². The topological polar surface area (TPSA) is 66.5 Å². The zero-order valence-electron chi connectivity index (χ0n) is 7.62. The second-order valence-electron chi connectivity index (χ2n) is 3.14. The van der Waals surface area contributed by atoms with Gasteiger partial charge in [0.15, 0.2) is 11.5 Å². The van der Waals surface area contributed by atoms with Crippen molar-refractivity contribution >= 4 is 0 Å². The predicted molar refractivity (Wildman–Crippen MR) is 47.4 cm³/mol. The van der Waals surface area contributed by atoms with Gasteiger partial charge in [0.2, 0.25) is 0 Å². The summed E-state index contributed by atoms with van der Waals surface area (Å²) in [5.74, 6) is -1.08. The summed E-state index contributed by atoms with van der Waals surface area (Å²) >= 11 is 0. The van der Waals surface area contributed by atoms with Crippen LogP contribution in [0.5, 0.6) is 11.5 Å². The van der Waals surface area contributed by atoms with Gasteiger partial charge in [-0.25, -0.2) is 0 Å². The number of rotatable bonds is 2. The van der Waals surface area contributed by atoms with Gasteiger partial charge in [0.25, 0.3) is 0 Å². The molecule has 0 unspecified atom stereocenters. The molecule has 0 aliphatic carbocycles. The van der Waals surface area contributed by atoms with Crippen LogP contribution in [0, 0.1) is 0 Å². The second kappa shape index (κ2) is 3.98. The van der Waals surface area contributed by atoms with Crippen molar-refractivity contribution in [1.29, 1.82) is 0 Å². The molecule has 1 aromatic rings. The van der Waals surface area contributed by atoms with Gasteiger partial charge in [-0.1, -0.05) is 12.1 Å². The van der Waals surface area contributed by atoms with Crippen LogP contribution in [0.15, 0.2) is 18.2 Å². The lowest BCUT2D eigenvalue weighted by atomic mass is 10.0. The fourth-order valence-electron chi connectivity index (χ4n) is 1.21. The van der Waals surface area contributed by atoms with Gasteiger partial charge >= 0.3 is 6.18 Å². The van der Waals surface area contributed by atoms with Crippen molar-refractivity contribution in [2.45, 2.75) is 18.6 Å². The van der Waals surface area contributed by atoms with Gasteiger partial charge in [0.05, 0.1) is 6.42 Å². The first-order chi connectivity index (χ1) is 6.81. The maximum absolute atomic E-state index is 12.0. The fourth-order valence-corrected chi connectivity index (χ4v) is 1.21. The molecular weight excluding hydrogens is 211 g/mol. The van der Waals surface area contributed by atoms with E-state index in [1.807, 2.05) is 0 Å². The van der Waals surface area contributed by atoms with Crippen molar-refractivity contribution < 1.29 is 23.4 Å². The van der Waals surface area contributed by atoms with E-state index in [-0.39, 0.29) is 5.56 Å². The average Bonchev–Trinajstić information content (AvgIpc) is 2.06. The number of benzene rings is 1. The number of para-hydroxylation sites is 1. The number of aromatic hydroxyl groups is 2. The first-order valence-electron chi connectivity index (χ1n) is 4.14. The van der Waals surface area contributed by atoms with Crippen molar-refractivity contribution in [3.05, 3.63) is 23.8 Å². The number of nitrogens with two attached hydrogens (primary N) is 1. The summed E-state index contributed by atoms with van der Waals surface area (Å²) in [7, 11) is 0. The highest BCUT2D eigenvalue weighted by Crippen LogP contribution is 2.36. The first-order valence-corrected chi connectivity index (χ1v) is 4.14. The molecule has 0 aromatic heterocycles. The molecule has 3 nitrogen and oxygen atoms in total. The van der Waals surface area contributed by atoms with Crippen LogP contribution < -0.4 is 5.73 Å². The summed E-state index contributed by atoms with van der Waals surface area (Å²) in [6.45, 7) is 0. The van der Waals surface area contributed by atoms with E-state index in [0.29, 0.717) is 0 Å². The maximum Gasteiger partial charge on any atom is 0.390 e. The Kier molecular flexibility index (Phi) is 3.09. The summed E-state index contributed by atoms with van der Waals surface area (Å²) in [6, 6.07) is 2.35. The lowest BCUT2D eigenvalue weighted by Gasteiger charge is -2.15. The second-order valence-corrected chi connectivity index (χ2v) is 3.14. The van der Waals surface area contributed by atoms with Crippen LogP contribution in [0.1, 0.15) is 18.0 Å². The number of hydrogen-bond donors (Lipinski definition) is 3. The van der Waals surface area contributed by atoms with Crippen LogP contribution in [0.3, 0.4) is 0 Å². The van der Waals surface area contributed by atoms with E-state index in [2.05, 4.69) is 0 Å². The molecular formula is C9H10F3NO2. The van der Waals surface area contributed by atoms with Gasteiger partial charge in [0.1, 0.15) is 0 Å². The quantitative estimate of drug-likeness (QED) is 0.669. The third-order valence-corrected chi connectivity index (χ3v) is 1.90. The standard InChI is InChI=1S/C9H10F3NO2/c10-9(11,12)4-6(13)5-2-1-3-7(14)8(5)15/h1-3,6,14-15H,4,13H2/t6-/m0/s1. The lowest BCUT2D eigenvalue weighted by Crippen LogP contribution is -2.20. The highest BCUT2D eigenvalue weighted by atomic mass is 19.4. The lowest BCUT2D eigenvalue weighted by molar-refractivity contribution is -0.138. The Morgan fingerprint density at radius 2 is 1.87 bits per heavy atom. The SMILES string of the molecule is N[C@@H](CC(F)(F)F)c1cccc(O)c1O. The predicted octanol–water partition coefficient (Wildman–Crippen LogP) is 2.05. The summed E-state index contributed by atoms with van der Waals surface area (Å²) in [5.41, 5.74) is 5.14. The highest BCUT2D eigenvalue weighted by Gasteiger charge is 2.32. The van der Waals surface area contributed by atoms with Gasteiger partial charge in [-0.2, -0.15) is 13.2 Å². The summed E-state index contributed by atoms with van der Waals surface area (Å²) in [4.78, 5) is 0. The van der Waals surface area contributed by atoms with Crippen molar-refractivity contribution in [3.8, 4) is 11.5 Å². The third-order valence-electron chi connectivity index (χ3n) is 1.90. The van der Waals surface area contributed by atoms with E-state index in [1.54, 1.807) is 0 Å². The maximum atomic E-state index is 12.0. The van der Waals surface area contributed by atoms with Gasteiger partial charge in [-0.15, -0.1) is 0 Å². The summed E-state index contributed by atoms with van der Waals surface area (Å²) in [6.07, 6.45) is -5.65. The smallest absolute Gasteiger partial charge is 0.390 e. The molecule has 1 aromatic carbocycles. The zero-order valence-corrected chi connectivity index (χ0v) is 7.62. The number of alkyl halides is 3. The van der Waals surface area contributed by atoms with E-state index in [1.165, 1.54) is 18.2 Å². The zero-order chi connectivity index (χ0) is 11.6. The monoisotopic (exact) mass is 221 g/mol. The molecule has 0 bridgehead atoms. The van der Waals surface area contributed by atoms with Crippen LogP contribution in [0.2, 0.25) is 0 Å². The largest absolute Gasteiger partial charge is 0.504 e. The number of phenols is 2. The molecule has 15 heavy (non-hydrogen) atoms. The van der Waals surface area contributed by atoms with E-state index in [4.69, 9.17) is 10.8 Å². The Bertz CT molecular complexity index is 352. The molecule has 0 radical (unpaired) electrons. The molecule has 0 amide bonds. The van der Waals surface area contributed by atoms with Crippen LogP contribution in [-0.2, 0) is 0 Å². The minimum absolute atomic E-state index is 0.118. The van der Waals surface area contributed by atoms with Gasteiger partial charge in [-0.05, 0) is 6.07 Å². The van der Waals surface area contributed by atoms with E-state index in [9.17, 15) is 18.3 Å². The molecule has 0 aliphatic heterocycles. The van der Waals surface area contributed by atoms with Crippen LogP contribution in [-0.4, -0.2) is 16.4 Å². The Balaban J connectivity index is 2.92. The molecule has 0 aliphatic rings. The molecule has 0 saturated heterocycles. The molecule has 4 N–H and O–H groups in total. The molecule has 0 spiro atoms. The Morgan fingerprint density at radius 3 is 2.40 bits per heavy atom. The average molecular weight is 221 g/mol. The van der Waals surface area contributed by atoms with E-state index in [0.717, 1.165) is 0 Å². The van der Waals surface area contributed by atoms with Crippen molar-refractivity contribution in [2.75, 3.05) is 0 Å². The molecule has 1 rings (SSSR count). The number of hydrogen-bond acceptors (Lipinski definition) is 3. The Morgan fingerprint density at radius 1 is 1.27 bits per heavy atom. The molecule has 0 heterocycles. The number of phenolic OH excluding ortho intramolecular Hbond substituents is 2. The normalized spacial score (nSPS) is 13.9. The summed E-state index contributed by atoms with van der Waals surface area (Å²) in [5, 5.41) is 18.3. The Hall–Kier alpha value is -1.43. The van der Waals surface area contributed by atoms with Crippen molar-refractivity contribution in [1.82, 2.24) is 0 Å². The minimum Gasteiger partial charge on any atom is -0.504 e. The molecule has 6 heteroatoms. The van der Waals surface area contributed by atoms with E-state index >= 15 is 0 Å². The van der Waals surface area contributed by atoms with Crippen LogP contribution in [0.4, 0.5) is 13.2 Å².